The number of aliphatic hydroxyl groups is 1. The molecule has 0 saturated carbocycles. The summed E-state index contributed by atoms with van der Waals surface area (Å²) < 4.78 is 0. The van der Waals surface area contributed by atoms with Crippen molar-refractivity contribution < 1.29 is 9.90 Å². The van der Waals surface area contributed by atoms with Gasteiger partial charge in [-0.15, -0.1) is 0 Å². The van der Waals surface area contributed by atoms with Crippen LogP contribution in [0.25, 0.3) is 0 Å². The van der Waals surface area contributed by atoms with Gasteiger partial charge in [-0.1, -0.05) is 6.07 Å². The molecule has 1 aromatic rings. The Balaban J connectivity index is 1.68. The zero-order valence-electron chi connectivity index (χ0n) is 11.9. The number of likely N-dealkylation sites (tertiary alicyclic amines) is 1. The third-order valence-electron chi connectivity index (χ3n) is 4.59. The Labute approximate surface area is 119 Å². The second-order valence-electron chi connectivity index (χ2n) is 5.96. The maximum absolute atomic E-state index is 12.5. The second-order valence-corrected chi connectivity index (χ2v) is 5.96. The van der Waals surface area contributed by atoms with Crippen molar-refractivity contribution in [2.24, 2.45) is 5.92 Å². The molecule has 1 fully saturated rings. The van der Waals surface area contributed by atoms with Gasteiger partial charge in [0.1, 0.15) is 0 Å². The van der Waals surface area contributed by atoms with E-state index in [0.717, 1.165) is 44.6 Å². The number of rotatable bonds is 2. The summed E-state index contributed by atoms with van der Waals surface area (Å²) in [6.07, 6.45) is 1.53. The highest BCUT2D eigenvalue weighted by Crippen LogP contribution is 2.23. The summed E-state index contributed by atoms with van der Waals surface area (Å²) >= 11 is 0. The molecule has 0 aromatic heterocycles. The third-order valence-corrected chi connectivity index (χ3v) is 4.59. The lowest BCUT2D eigenvalue weighted by Crippen LogP contribution is -2.40. The molecule has 1 amide bonds. The number of carbonyl (C=O) groups excluding carboxylic acids is 1. The SMILES string of the molecule is CC(O)C1CCN(C(=O)c2ccc3c(c2)CNC3)CC1. The van der Waals surface area contributed by atoms with Crippen molar-refractivity contribution in [1.82, 2.24) is 10.2 Å². The number of nitrogens with one attached hydrogen (secondary N) is 1. The Morgan fingerprint density at radius 3 is 2.70 bits per heavy atom. The molecule has 4 heteroatoms. The lowest BCUT2D eigenvalue weighted by molar-refractivity contribution is 0.0521. The van der Waals surface area contributed by atoms with Crippen LogP contribution in [0, 0.1) is 5.92 Å². The van der Waals surface area contributed by atoms with E-state index in [1.54, 1.807) is 0 Å². The van der Waals surface area contributed by atoms with Crippen molar-refractivity contribution in [3.8, 4) is 0 Å². The fraction of sp³-hybridized carbons (Fsp3) is 0.562. The Kier molecular flexibility index (Phi) is 3.76. The van der Waals surface area contributed by atoms with Crippen molar-refractivity contribution in [1.29, 1.82) is 0 Å². The zero-order valence-corrected chi connectivity index (χ0v) is 11.9. The number of piperidine rings is 1. The maximum Gasteiger partial charge on any atom is 0.253 e. The standard InChI is InChI=1S/C16H22N2O2/c1-11(19)12-4-6-18(7-5-12)16(20)13-2-3-14-9-17-10-15(14)8-13/h2-3,8,11-12,17,19H,4-7,9-10H2,1H3. The van der Waals surface area contributed by atoms with Crippen molar-refractivity contribution in [2.75, 3.05) is 13.1 Å². The van der Waals surface area contributed by atoms with Crippen LogP contribution in [0.4, 0.5) is 0 Å². The Morgan fingerprint density at radius 1 is 1.30 bits per heavy atom. The first-order valence-electron chi connectivity index (χ1n) is 7.45. The lowest BCUT2D eigenvalue weighted by Gasteiger charge is -2.33. The van der Waals surface area contributed by atoms with Crippen molar-refractivity contribution in [2.45, 2.75) is 39.0 Å². The molecule has 3 rings (SSSR count). The molecule has 2 aliphatic rings. The predicted molar refractivity (Wildman–Crippen MR) is 77.3 cm³/mol. The molecule has 108 valence electrons. The van der Waals surface area contributed by atoms with Crippen LogP contribution >= 0.6 is 0 Å². The van der Waals surface area contributed by atoms with Crippen LogP contribution in [0.3, 0.4) is 0 Å². The molecule has 0 bridgehead atoms. The van der Waals surface area contributed by atoms with Gasteiger partial charge in [0.15, 0.2) is 0 Å². The fourth-order valence-corrected chi connectivity index (χ4v) is 3.20. The topological polar surface area (TPSA) is 52.6 Å². The van der Waals surface area contributed by atoms with Gasteiger partial charge in [-0.05, 0) is 48.9 Å². The Bertz CT molecular complexity index is 505. The van der Waals surface area contributed by atoms with E-state index in [1.807, 2.05) is 24.0 Å². The van der Waals surface area contributed by atoms with Crippen molar-refractivity contribution in [3.05, 3.63) is 34.9 Å². The van der Waals surface area contributed by atoms with Crippen LogP contribution in [-0.4, -0.2) is 35.1 Å². The Hall–Kier alpha value is -1.39. The average molecular weight is 274 g/mol. The molecular formula is C16H22N2O2. The van der Waals surface area contributed by atoms with E-state index in [-0.39, 0.29) is 12.0 Å². The first kappa shape index (κ1) is 13.6. The predicted octanol–water partition coefficient (Wildman–Crippen LogP) is 1.52. The van der Waals surface area contributed by atoms with Crippen LogP contribution in [-0.2, 0) is 13.1 Å². The minimum Gasteiger partial charge on any atom is -0.393 e. The van der Waals surface area contributed by atoms with Gasteiger partial charge in [0.25, 0.3) is 5.91 Å². The summed E-state index contributed by atoms with van der Waals surface area (Å²) in [7, 11) is 0. The second kappa shape index (κ2) is 5.54. The molecule has 2 heterocycles. The summed E-state index contributed by atoms with van der Waals surface area (Å²) in [6, 6.07) is 6.03. The molecule has 1 aromatic carbocycles. The van der Waals surface area contributed by atoms with E-state index in [2.05, 4.69) is 11.4 Å². The highest BCUT2D eigenvalue weighted by molar-refractivity contribution is 5.94. The smallest absolute Gasteiger partial charge is 0.253 e. The van der Waals surface area contributed by atoms with Gasteiger partial charge in [0.2, 0.25) is 0 Å². The normalized spacial score (nSPS) is 20.8. The van der Waals surface area contributed by atoms with Gasteiger partial charge >= 0.3 is 0 Å². The number of nitrogens with zero attached hydrogens (tertiary/aromatic N) is 1. The molecule has 1 atom stereocenters. The summed E-state index contributed by atoms with van der Waals surface area (Å²) in [5.74, 6) is 0.465. The highest BCUT2D eigenvalue weighted by Gasteiger charge is 2.26. The van der Waals surface area contributed by atoms with E-state index >= 15 is 0 Å². The van der Waals surface area contributed by atoms with Crippen LogP contribution < -0.4 is 5.32 Å². The molecule has 0 radical (unpaired) electrons. The largest absolute Gasteiger partial charge is 0.393 e. The maximum atomic E-state index is 12.5. The number of hydrogen-bond donors (Lipinski definition) is 2. The monoisotopic (exact) mass is 274 g/mol. The molecule has 20 heavy (non-hydrogen) atoms. The van der Waals surface area contributed by atoms with Crippen molar-refractivity contribution in [3.63, 3.8) is 0 Å². The van der Waals surface area contributed by atoms with Gasteiger partial charge in [0.05, 0.1) is 6.10 Å². The van der Waals surface area contributed by atoms with E-state index in [0.29, 0.717) is 5.92 Å². The molecular weight excluding hydrogens is 252 g/mol. The number of fused-ring (bicyclic) bond motifs is 1. The zero-order chi connectivity index (χ0) is 14.1. The highest BCUT2D eigenvalue weighted by atomic mass is 16.3. The molecule has 0 aliphatic carbocycles. The van der Waals surface area contributed by atoms with Gasteiger partial charge in [-0.3, -0.25) is 4.79 Å². The Morgan fingerprint density at radius 2 is 2.00 bits per heavy atom. The summed E-state index contributed by atoms with van der Waals surface area (Å²) in [4.78, 5) is 14.4. The fourth-order valence-electron chi connectivity index (χ4n) is 3.20. The average Bonchev–Trinajstić information content (AvgIpc) is 2.94. The minimum atomic E-state index is -0.265. The quantitative estimate of drug-likeness (QED) is 0.860. The van der Waals surface area contributed by atoms with Gasteiger partial charge < -0.3 is 15.3 Å². The first-order chi connectivity index (χ1) is 9.65. The lowest BCUT2D eigenvalue weighted by atomic mass is 9.92. The van der Waals surface area contributed by atoms with E-state index in [4.69, 9.17) is 0 Å². The van der Waals surface area contributed by atoms with Gasteiger partial charge in [-0.25, -0.2) is 0 Å². The van der Waals surface area contributed by atoms with Crippen LogP contribution in [0.15, 0.2) is 18.2 Å². The van der Waals surface area contributed by atoms with E-state index in [9.17, 15) is 9.90 Å². The number of hydrogen-bond acceptors (Lipinski definition) is 3. The molecule has 1 unspecified atom stereocenters. The van der Waals surface area contributed by atoms with E-state index < -0.39 is 0 Å². The number of amides is 1. The molecule has 4 nitrogen and oxygen atoms in total. The van der Waals surface area contributed by atoms with Crippen LogP contribution in [0.2, 0.25) is 0 Å². The number of carbonyl (C=O) groups is 1. The van der Waals surface area contributed by atoms with E-state index in [1.165, 1.54) is 11.1 Å². The van der Waals surface area contributed by atoms with Crippen LogP contribution in [0.5, 0.6) is 0 Å². The third kappa shape index (κ3) is 2.58. The molecule has 2 N–H and O–H groups in total. The summed E-state index contributed by atoms with van der Waals surface area (Å²) in [5.41, 5.74) is 3.34. The summed E-state index contributed by atoms with van der Waals surface area (Å²) in [5, 5.41) is 12.9. The molecule has 2 aliphatic heterocycles. The van der Waals surface area contributed by atoms with Gasteiger partial charge in [0, 0.05) is 31.7 Å². The first-order valence-corrected chi connectivity index (χ1v) is 7.45. The number of benzene rings is 1. The molecule has 0 spiro atoms. The summed E-state index contributed by atoms with van der Waals surface area (Å²) in [6.45, 7) is 5.12. The minimum absolute atomic E-state index is 0.128. The molecule has 1 saturated heterocycles. The van der Waals surface area contributed by atoms with Gasteiger partial charge in [-0.2, -0.15) is 0 Å². The number of aliphatic hydroxyl groups excluding tert-OH is 1. The van der Waals surface area contributed by atoms with Crippen LogP contribution in [0.1, 0.15) is 41.3 Å². The van der Waals surface area contributed by atoms with Crippen molar-refractivity contribution >= 4 is 5.91 Å².